The maximum absolute atomic E-state index is 12.3. The predicted octanol–water partition coefficient (Wildman–Crippen LogP) is 0.678. The Morgan fingerprint density at radius 2 is 2.05 bits per heavy atom. The third-order valence-corrected chi connectivity index (χ3v) is 7.82. The van der Waals surface area contributed by atoms with Gasteiger partial charge in [0.25, 0.3) is 0 Å². The molecule has 1 fully saturated rings. The molecule has 0 amide bonds. The molecule has 0 unspecified atom stereocenters. The Kier molecular flexibility index (Phi) is 5.02. The second-order valence-electron chi connectivity index (χ2n) is 5.11. The Labute approximate surface area is 130 Å². The molecular weight excluding hydrogens is 455 g/mol. The molecule has 0 aromatic heterocycles. The number of nitrogens with zero attached hydrogens (tertiary/aromatic N) is 1. The number of aliphatic hydroxyl groups excluding tert-OH is 1. The van der Waals surface area contributed by atoms with Crippen LogP contribution in [0, 0.1) is 6.92 Å². The molecule has 0 saturated carbocycles. The predicted molar refractivity (Wildman–Crippen MR) is 74.7 cm³/mol. The van der Waals surface area contributed by atoms with Gasteiger partial charge in [-0.15, -0.1) is 0 Å². The van der Waals surface area contributed by atoms with E-state index < -0.39 is 15.9 Å². The molecule has 1 N–H and O–H groups in total. The van der Waals surface area contributed by atoms with Crippen LogP contribution >= 0.6 is 0 Å². The average molecular weight is 473 g/mol. The second-order valence-corrected chi connectivity index (χ2v) is 9.72. The van der Waals surface area contributed by atoms with Crippen molar-refractivity contribution in [3.8, 4) is 0 Å². The first-order chi connectivity index (χ1) is 8.90. The van der Waals surface area contributed by atoms with Gasteiger partial charge < -0.3 is 0 Å². The Bertz CT molecular complexity index is 529. The maximum atomic E-state index is 12.3. The van der Waals surface area contributed by atoms with E-state index in [0.717, 1.165) is 24.9 Å². The summed E-state index contributed by atoms with van der Waals surface area (Å²) in [5, 5.41) is 10.2. The molecule has 0 bridgehead atoms. The van der Waals surface area contributed by atoms with E-state index in [1.807, 2.05) is 6.92 Å². The minimum atomic E-state index is -3.40. The van der Waals surface area contributed by atoms with Crippen molar-refractivity contribution < 1.29 is 13.5 Å². The summed E-state index contributed by atoms with van der Waals surface area (Å²) in [5.41, 5.74) is 1.03. The molecule has 1 saturated heterocycles. The van der Waals surface area contributed by atoms with Crippen LogP contribution in [0.15, 0.2) is 29.2 Å². The molecule has 1 aromatic carbocycles. The molecule has 0 radical (unpaired) electrons. The summed E-state index contributed by atoms with van der Waals surface area (Å²) in [6.45, 7) is 2.92. The molecule has 0 spiro atoms. The van der Waals surface area contributed by atoms with Crippen LogP contribution in [0.4, 0.5) is 0 Å². The Morgan fingerprint density at radius 1 is 1.42 bits per heavy atom. The molecule has 102 valence electrons. The fraction of sp³-hybridized carbons (Fsp3) is 0.538. The summed E-state index contributed by atoms with van der Waals surface area (Å²) < 4.78 is 26.7. The van der Waals surface area contributed by atoms with Crippen molar-refractivity contribution in [2.75, 3.05) is 12.3 Å². The Morgan fingerprint density at radius 3 is 2.58 bits per heavy atom. The van der Waals surface area contributed by atoms with Gasteiger partial charge in [0.2, 0.25) is 0 Å². The van der Waals surface area contributed by atoms with Crippen molar-refractivity contribution in [1.29, 1.82) is 0 Å². The van der Waals surface area contributed by atoms with Crippen LogP contribution in [0.5, 0.6) is 0 Å². The van der Waals surface area contributed by atoms with Gasteiger partial charge >= 0.3 is 131 Å². The van der Waals surface area contributed by atoms with Gasteiger partial charge in [0.15, 0.2) is 0 Å². The van der Waals surface area contributed by atoms with E-state index >= 15 is 0 Å². The summed E-state index contributed by atoms with van der Waals surface area (Å²) in [6.07, 6.45) is 1.18. The normalized spacial score (nSPS) is 22.5. The van der Waals surface area contributed by atoms with E-state index in [1.54, 1.807) is 24.3 Å². The van der Waals surface area contributed by atoms with Crippen LogP contribution < -0.4 is 0 Å². The third kappa shape index (κ3) is 3.77. The first-order valence-electron chi connectivity index (χ1n) is 6.39. The molecular formula is C13H18NO3STl. The van der Waals surface area contributed by atoms with Gasteiger partial charge in [-0.3, -0.25) is 0 Å². The van der Waals surface area contributed by atoms with E-state index in [4.69, 9.17) is 0 Å². The summed E-state index contributed by atoms with van der Waals surface area (Å²) >= 11 is 0.661. The van der Waals surface area contributed by atoms with Gasteiger partial charge in [-0.1, -0.05) is 0 Å². The van der Waals surface area contributed by atoms with Crippen LogP contribution in [0.1, 0.15) is 18.4 Å². The van der Waals surface area contributed by atoms with E-state index in [-0.39, 0.29) is 11.8 Å². The number of aryl methyl sites for hydroxylation is 1. The molecule has 6 heteroatoms. The van der Waals surface area contributed by atoms with E-state index in [1.165, 1.54) is 0 Å². The number of sulfone groups is 1. The zero-order chi connectivity index (χ0) is 14.0. The molecule has 4 nitrogen and oxygen atoms in total. The fourth-order valence-corrected chi connectivity index (χ4v) is 5.88. The zero-order valence-electron chi connectivity index (χ0n) is 11.0. The SMILES string of the molecule is Cc1ccc(S(=O)(=O)C[C@H](O)[C@H]2CCC[N]2[Tl])cc1. The molecule has 19 heavy (non-hydrogen) atoms. The number of benzene rings is 1. The van der Waals surface area contributed by atoms with Gasteiger partial charge in [0.1, 0.15) is 0 Å². The average Bonchev–Trinajstić information content (AvgIpc) is 2.75. The van der Waals surface area contributed by atoms with E-state index in [2.05, 4.69) is 2.71 Å². The van der Waals surface area contributed by atoms with Crippen LogP contribution in [-0.4, -0.2) is 66.7 Å². The monoisotopic (exact) mass is 473 g/mol. The van der Waals surface area contributed by atoms with Gasteiger partial charge in [-0.05, 0) is 0 Å². The number of hydrogen-bond donors (Lipinski definition) is 1. The van der Waals surface area contributed by atoms with Crippen molar-refractivity contribution in [3.63, 3.8) is 0 Å². The third-order valence-electron chi connectivity index (χ3n) is 3.56. The van der Waals surface area contributed by atoms with Gasteiger partial charge in [-0.2, -0.15) is 0 Å². The van der Waals surface area contributed by atoms with E-state index in [0.29, 0.717) is 31.0 Å². The van der Waals surface area contributed by atoms with Crippen LogP contribution in [0.2, 0.25) is 0 Å². The standard InChI is InChI=1S/C13H18NO3S.Tl/c1-10-4-6-11(7-5-10)18(16,17)9-13(15)12-3-2-8-14-12;/h4-7,12-13,15H,2-3,8-9H2,1H3;/q-1;+1/t12-,13+;/m1./s1. The summed E-state index contributed by atoms with van der Waals surface area (Å²) in [7, 11) is -3.40. The van der Waals surface area contributed by atoms with Gasteiger partial charge in [0, 0.05) is 0 Å². The molecule has 1 aliphatic heterocycles. The molecule has 0 aliphatic carbocycles. The zero-order valence-corrected chi connectivity index (χ0v) is 16.3. The number of hydrogen-bond acceptors (Lipinski definition) is 4. The van der Waals surface area contributed by atoms with Crippen molar-refractivity contribution in [1.82, 2.24) is 2.71 Å². The number of aliphatic hydroxyl groups is 1. The topological polar surface area (TPSA) is 57.6 Å². The van der Waals surface area contributed by atoms with Gasteiger partial charge in [0.05, 0.1) is 0 Å². The molecule has 1 heterocycles. The van der Waals surface area contributed by atoms with Crippen molar-refractivity contribution >= 4 is 35.9 Å². The van der Waals surface area contributed by atoms with Crippen LogP contribution in [0.3, 0.4) is 0 Å². The molecule has 1 aliphatic rings. The molecule has 2 rings (SSSR count). The summed E-state index contributed by atoms with van der Waals surface area (Å²) in [6, 6.07) is 6.84. The fourth-order valence-electron chi connectivity index (χ4n) is 2.41. The number of rotatable bonds is 4. The second kappa shape index (κ2) is 6.19. The van der Waals surface area contributed by atoms with Crippen LogP contribution in [0.25, 0.3) is 0 Å². The Balaban J connectivity index is 2.10. The summed E-state index contributed by atoms with van der Waals surface area (Å²) in [4.78, 5) is 0.303. The van der Waals surface area contributed by atoms with E-state index in [9.17, 15) is 13.5 Å². The van der Waals surface area contributed by atoms with Crippen LogP contribution in [-0.2, 0) is 9.84 Å². The first-order valence-corrected chi connectivity index (χ1v) is 10.0. The first kappa shape index (κ1) is 15.4. The molecule has 2 atom stereocenters. The Hall–Kier alpha value is 0.0121. The van der Waals surface area contributed by atoms with Crippen molar-refractivity contribution in [3.05, 3.63) is 29.8 Å². The summed E-state index contributed by atoms with van der Waals surface area (Å²) in [5.74, 6) is -0.177. The quantitative estimate of drug-likeness (QED) is 0.655. The van der Waals surface area contributed by atoms with Crippen molar-refractivity contribution in [2.24, 2.45) is 0 Å². The van der Waals surface area contributed by atoms with Crippen molar-refractivity contribution in [2.45, 2.75) is 36.8 Å². The molecule has 1 aromatic rings. The van der Waals surface area contributed by atoms with Gasteiger partial charge in [-0.25, -0.2) is 0 Å². The minimum absolute atomic E-state index is 0.0326.